The minimum absolute atomic E-state index is 0.160. The molecule has 0 spiro atoms. The molecule has 148 valence electrons. The molecule has 1 saturated heterocycles. The van der Waals surface area contributed by atoms with E-state index in [1.54, 1.807) is 35.2 Å². The highest BCUT2D eigenvalue weighted by atomic mass is 79.9. The number of rotatable bonds is 3. The standard InChI is InChI=1S/C20H22BrN3O3S/c1-2-22-9-11-23(12-10-22)20(25)14-24-18-8-7-15(21)13-17(18)16-5-3-4-6-19(16)28(24,26)27/h3-8,13H,2,9-12,14H2,1H3. The summed E-state index contributed by atoms with van der Waals surface area (Å²) in [5.41, 5.74) is 2.02. The number of fused-ring (bicyclic) bond motifs is 3. The zero-order valence-corrected chi connectivity index (χ0v) is 18.0. The maximum atomic E-state index is 13.3. The Kier molecular flexibility index (Phi) is 5.20. The van der Waals surface area contributed by atoms with Crippen molar-refractivity contribution in [1.82, 2.24) is 9.80 Å². The van der Waals surface area contributed by atoms with Crippen LogP contribution in [0.5, 0.6) is 0 Å². The lowest BCUT2D eigenvalue weighted by atomic mass is 10.0. The van der Waals surface area contributed by atoms with Crippen LogP contribution >= 0.6 is 15.9 Å². The van der Waals surface area contributed by atoms with Crippen LogP contribution in [0.1, 0.15) is 6.92 Å². The van der Waals surface area contributed by atoms with Crippen LogP contribution in [0.2, 0.25) is 0 Å². The van der Waals surface area contributed by atoms with Crippen LogP contribution < -0.4 is 4.31 Å². The molecule has 1 amide bonds. The highest BCUT2D eigenvalue weighted by molar-refractivity contribution is 9.10. The molecule has 0 N–H and O–H groups in total. The van der Waals surface area contributed by atoms with Crippen LogP contribution in [0.25, 0.3) is 11.1 Å². The van der Waals surface area contributed by atoms with Gasteiger partial charge in [-0.1, -0.05) is 41.1 Å². The highest BCUT2D eigenvalue weighted by Gasteiger charge is 2.37. The van der Waals surface area contributed by atoms with Gasteiger partial charge >= 0.3 is 0 Å². The first-order valence-corrected chi connectivity index (χ1v) is 11.6. The van der Waals surface area contributed by atoms with E-state index in [0.717, 1.165) is 29.7 Å². The van der Waals surface area contributed by atoms with Crippen molar-refractivity contribution in [2.75, 3.05) is 43.6 Å². The van der Waals surface area contributed by atoms with Crippen molar-refractivity contribution in [2.24, 2.45) is 0 Å². The van der Waals surface area contributed by atoms with E-state index in [0.29, 0.717) is 24.3 Å². The summed E-state index contributed by atoms with van der Waals surface area (Å²) in [6.45, 7) is 5.78. The number of likely N-dealkylation sites (N-methyl/N-ethyl adjacent to an activating group) is 1. The van der Waals surface area contributed by atoms with Crippen LogP contribution in [0, 0.1) is 0 Å². The van der Waals surface area contributed by atoms with Crippen molar-refractivity contribution in [3.05, 3.63) is 46.9 Å². The number of piperazine rings is 1. The lowest BCUT2D eigenvalue weighted by Crippen LogP contribution is -2.52. The largest absolute Gasteiger partial charge is 0.339 e. The third-order valence-corrected chi connectivity index (χ3v) is 7.73. The first-order chi connectivity index (χ1) is 13.4. The van der Waals surface area contributed by atoms with Gasteiger partial charge in [0.2, 0.25) is 5.91 Å². The molecule has 0 aliphatic carbocycles. The van der Waals surface area contributed by atoms with E-state index in [1.807, 2.05) is 12.1 Å². The van der Waals surface area contributed by atoms with Crippen molar-refractivity contribution < 1.29 is 13.2 Å². The summed E-state index contributed by atoms with van der Waals surface area (Å²) >= 11 is 3.47. The molecule has 0 saturated carbocycles. The van der Waals surface area contributed by atoms with Crippen LogP contribution in [-0.4, -0.2) is 63.4 Å². The zero-order chi connectivity index (χ0) is 19.9. The van der Waals surface area contributed by atoms with Gasteiger partial charge in [0.1, 0.15) is 6.54 Å². The number of carbonyl (C=O) groups excluding carboxylic acids is 1. The van der Waals surface area contributed by atoms with E-state index < -0.39 is 10.0 Å². The molecule has 28 heavy (non-hydrogen) atoms. The molecule has 2 heterocycles. The molecule has 0 bridgehead atoms. The zero-order valence-electron chi connectivity index (χ0n) is 15.6. The summed E-state index contributed by atoms with van der Waals surface area (Å²) in [5.74, 6) is -0.160. The summed E-state index contributed by atoms with van der Waals surface area (Å²) in [6, 6.07) is 12.4. The molecule has 2 aliphatic rings. The van der Waals surface area contributed by atoms with E-state index in [1.165, 1.54) is 4.31 Å². The van der Waals surface area contributed by atoms with Crippen molar-refractivity contribution in [3.8, 4) is 11.1 Å². The predicted molar refractivity (Wildman–Crippen MR) is 113 cm³/mol. The Labute approximate surface area is 173 Å². The summed E-state index contributed by atoms with van der Waals surface area (Å²) in [7, 11) is -3.80. The Morgan fingerprint density at radius 1 is 1.04 bits per heavy atom. The molecular weight excluding hydrogens is 442 g/mol. The van der Waals surface area contributed by atoms with Crippen molar-refractivity contribution >= 4 is 37.5 Å². The van der Waals surface area contributed by atoms with E-state index in [-0.39, 0.29) is 17.3 Å². The van der Waals surface area contributed by atoms with Gasteiger partial charge in [-0.2, -0.15) is 0 Å². The maximum Gasteiger partial charge on any atom is 0.265 e. The molecule has 2 aliphatic heterocycles. The number of halogens is 1. The Bertz CT molecular complexity index is 1020. The van der Waals surface area contributed by atoms with Crippen LogP contribution in [0.15, 0.2) is 51.8 Å². The van der Waals surface area contributed by atoms with Gasteiger partial charge in [-0.15, -0.1) is 0 Å². The van der Waals surface area contributed by atoms with Gasteiger partial charge in [0.05, 0.1) is 10.6 Å². The van der Waals surface area contributed by atoms with Crippen LogP contribution in [-0.2, 0) is 14.8 Å². The molecule has 0 atom stereocenters. The average molecular weight is 464 g/mol. The topological polar surface area (TPSA) is 60.9 Å². The minimum atomic E-state index is -3.80. The van der Waals surface area contributed by atoms with Crippen molar-refractivity contribution in [1.29, 1.82) is 0 Å². The van der Waals surface area contributed by atoms with Crippen LogP contribution in [0.4, 0.5) is 5.69 Å². The van der Waals surface area contributed by atoms with E-state index in [9.17, 15) is 13.2 Å². The maximum absolute atomic E-state index is 13.3. The smallest absolute Gasteiger partial charge is 0.265 e. The lowest BCUT2D eigenvalue weighted by Gasteiger charge is -2.37. The molecule has 2 aromatic carbocycles. The third-order valence-electron chi connectivity index (χ3n) is 5.42. The normalized spacial score (nSPS) is 18.5. The number of amides is 1. The second-order valence-corrected chi connectivity index (χ2v) is 9.73. The number of nitrogens with zero attached hydrogens (tertiary/aromatic N) is 3. The monoisotopic (exact) mass is 463 g/mol. The van der Waals surface area contributed by atoms with Crippen molar-refractivity contribution in [3.63, 3.8) is 0 Å². The van der Waals surface area contributed by atoms with E-state index >= 15 is 0 Å². The van der Waals surface area contributed by atoms with E-state index in [2.05, 4.69) is 27.8 Å². The number of hydrogen-bond donors (Lipinski definition) is 0. The SMILES string of the molecule is CCN1CCN(C(=O)CN2c3ccc(Br)cc3-c3ccccc3S2(=O)=O)CC1. The minimum Gasteiger partial charge on any atom is -0.339 e. The van der Waals surface area contributed by atoms with Crippen LogP contribution in [0.3, 0.4) is 0 Å². The summed E-state index contributed by atoms with van der Waals surface area (Å²) < 4.78 is 28.7. The fourth-order valence-electron chi connectivity index (χ4n) is 3.81. The summed E-state index contributed by atoms with van der Waals surface area (Å²) in [4.78, 5) is 17.2. The molecule has 0 aromatic heterocycles. The average Bonchev–Trinajstić information content (AvgIpc) is 2.71. The quantitative estimate of drug-likeness (QED) is 0.701. The number of sulfonamides is 1. The van der Waals surface area contributed by atoms with Gasteiger partial charge in [-0.05, 0) is 30.8 Å². The van der Waals surface area contributed by atoms with Gasteiger partial charge < -0.3 is 9.80 Å². The molecular formula is C20H22BrN3O3S. The molecule has 0 radical (unpaired) electrons. The summed E-state index contributed by atoms with van der Waals surface area (Å²) in [6.07, 6.45) is 0. The molecule has 8 heteroatoms. The molecule has 4 rings (SSSR count). The fraction of sp³-hybridized carbons (Fsp3) is 0.350. The first-order valence-electron chi connectivity index (χ1n) is 9.33. The fourth-order valence-corrected chi connectivity index (χ4v) is 5.81. The van der Waals surface area contributed by atoms with Gasteiger partial charge in [0.25, 0.3) is 10.0 Å². The Balaban J connectivity index is 1.69. The highest BCUT2D eigenvalue weighted by Crippen LogP contribution is 2.43. The van der Waals surface area contributed by atoms with Gasteiger partial charge in [0, 0.05) is 41.8 Å². The van der Waals surface area contributed by atoms with Gasteiger partial charge in [0.15, 0.2) is 0 Å². The van der Waals surface area contributed by atoms with E-state index in [4.69, 9.17) is 0 Å². The second-order valence-electron chi connectivity index (χ2n) is 6.98. The van der Waals surface area contributed by atoms with Crippen molar-refractivity contribution in [2.45, 2.75) is 11.8 Å². The number of benzene rings is 2. The molecule has 2 aromatic rings. The third kappa shape index (κ3) is 3.33. The number of anilines is 1. The number of carbonyl (C=O) groups is 1. The molecule has 1 fully saturated rings. The Morgan fingerprint density at radius 2 is 1.75 bits per heavy atom. The van der Waals surface area contributed by atoms with Gasteiger partial charge in [-0.3, -0.25) is 9.10 Å². The first kappa shape index (κ1) is 19.4. The summed E-state index contributed by atoms with van der Waals surface area (Å²) in [5, 5.41) is 0. The Hall–Kier alpha value is -1.90. The Morgan fingerprint density at radius 3 is 2.46 bits per heavy atom. The predicted octanol–water partition coefficient (Wildman–Crippen LogP) is 2.79. The second kappa shape index (κ2) is 7.50. The molecule has 6 nitrogen and oxygen atoms in total. The number of hydrogen-bond acceptors (Lipinski definition) is 4. The molecule has 0 unspecified atom stereocenters. The van der Waals surface area contributed by atoms with Gasteiger partial charge in [-0.25, -0.2) is 8.42 Å². The lowest BCUT2D eigenvalue weighted by molar-refractivity contribution is -0.131.